The number of imidazole rings is 1. The predicted molar refractivity (Wildman–Crippen MR) is 84.8 cm³/mol. The van der Waals surface area contributed by atoms with E-state index in [0.717, 1.165) is 17.1 Å². The lowest BCUT2D eigenvalue weighted by Crippen LogP contribution is -2.25. The van der Waals surface area contributed by atoms with Gasteiger partial charge in [-0.25, -0.2) is 9.56 Å². The Morgan fingerprint density at radius 1 is 1.00 bits per heavy atom. The maximum absolute atomic E-state index is 4.82. The molecule has 0 spiro atoms. The molecular formula is C18H18N3+. The molecule has 21 heavy (non-hydrogen) atoms. The molecule has 0 bridgehead atoms. The Bertz CT molecular complexity index is 753. The summed E-state index contributed by atoms with van der Waals surface area (Å²) in [6.45, 7) is 2.08. The van der Waals surface area contributed by atoms with Crippen LogP contribution in [0.3, 0.4) is 0 Å². The fourth-order valence-electron chi connectivity index (χ4n) is 2.18. The van der Waals surface area contributed by atoms with E-state index >= 15 is 0 Å². The van der Waals surface area contributed by atoms with Crippen molar-refractivity contribution in [2.45, 2.75) is 6.92 Å². The molecule has 1 aromatic heterocycles. The van der Waals surface area contributed by atoms with Crippen molar-refractivity contribution in [2.24, 2.45) is 12.0 Å². The lowest BCUT2D eigenvalue weighted by Gasteiger charge is -2.03. The van der Waals surface area contributed by atoms with Crippen LogP contribution < -0.4 is 4.57 Å². The van der Waals surface area contributed by atoms with Gasteiger partial charge in [0.15, 0.2) is 0 Å². The average Bonchev–Trinajstić information content (AvgIpc) is 2.94. The summed E-state index contributed by atoms with van der Waals surface area (Å²) < 4.78 is 4.04. The highest BCUT2D eigenvalue weighted by Crippen LogP contribution is 2.15. The molecule has 0 unspecified atom stereocenters. The van der Waals surface area contributed by atoms with Gasteiger partial charge in [0.1, 0.15) is 12.4 Å². The summed E-state index contributed by atoms with van der Waals surface area (Å²) >= 11 is 0. The molecule has 1 heterocycles. The molecule has 0 N–H and O–H groups in total. The third kappa shape index (κ3) is 3.08. The molecule has 3 heteroatoms. The Morgan fingerprint density at radius 3 is 2.33 bits per heavy atom. The number of rotatable bonds is 2. The summed E-state index contributed by atoms with van der Waals surface area (Å²) in [5.41, 5.74) is 3.28. The van der Waals surface area contributed by atoms with E-state index in [-0.39, 0.29) is 0 Å². The third-order valence-corrected chi connectivity index (χ3v) is 3.31. The van der Waals surface area contributed by atoms with E-state index < -0.39 is 0 Å². The Kier molecular flexibility index (Phi) is 3.65. The minimum atomic E-state index is 0.917. The second-order valence-corrected chi connectivity index (χ2v) is 5.12. The standard InChI is InChI=1S/C18H18N3/c1-15-8-10-17(11-9-15)19-18(16-6-4-3-5-7-16)21-13-12-20(2)14-21/h3-14H,1-2H3/q+1. The SMILES string of the molecule is Cc1ccc(N=C(c2ccccc2)n2cc[n+](C)c2)cc1. The summed E-state index contributed by atoms with van der Waals surface area (Å²) in [6, 6.07) is 18.5. The number of aromatic nitrogens is 2. The van der Waals surface area contributed by atoms with Crippen LogP contribution in [-0.4, -0.2) is 10.4 Å². The van der Waals surface area contributed by atoms with Crippen LogP contribution >= 0.6 is 0 Å². The highest BCUT2D eigenvalue weighted by atomic mass is 15.1. The lowest BCUT2D eigenvalue weighted by molar-refractivity contribution is -0.670. The van der Waals surface area contributed by atoms with Crippen LogP contribution in [0, 0.1) is 6.92 Å². The molecule has 0 aliphatic rings. The van der Waals surface area contributed by atoms with Gasteiger partial charge in [0.25, 0.3) is 0 Å². The molecule has 0 amide bonds. The van der Waals surface area contributed by atoms with Crippen LogP contribution in [0.1, 0.15) is 11.1 Å². The molecule has 0 aliphatic carbocycles. The van der Waals surface area contributed by atoms with Crippen molar-refractivity contribution in [3.8, 4) is 0 Å². The first-order valence-electron chi connectivity index (χ1n) is 6.97. The molecule has 104 valence electrons. The van der Waals surface area contributed by atoms with Crippen molar-refractivity contribution in [1.82, 2.24) is 4.57 Å². The predicted octanol–water partition coefficient (Wildman–Crippen LogP) is 3.25. The first kappa shape index (κ1) is 13.3. The van der Waals surface area contributed by atoms with Crippen molar-refractivity contribution in [3.63, 3.8) is 0 Å². The zero-order valence-electron chi connectivity index (χ0n) is 12.3. The monoisotopic (exact) mass is 276 g/mol. The van der Waals surface area contributed by atoms with Gasteiger partial charge in [0, 0.05) is 5.56 Å². The second kappa shape index (κ2) is 5.75. The van der Waals surface area contributed by atoms with E-state index in [9.17, 15) is 0 Å². The maximum Gasteiger partial charge on any atom is 0.250 e. The van der Waals surface area contributed by atoms with Crippen molar-refractivity contribution >= 4 is 11.5 Å². The quantitative estimate of drug-likeness (QED) is 0.389. The molecule has 3 nitrogen and oxygen atoms in total. The second-order valence-electron chi connectivity index (χ2n) is 5.12. The molecule has 0 saturated heterocycles. The van der Waals surface area contributed by atoms with Gasteiger partial charge in [0.05, 0.1) is 12.7 Å². The van der Waals surface area contributed by atoms with E-state index in [1.54, 1.807) is 0 Å². The Labute approximate surface area is 124 Å². The molecule has 0 fully saturated rings. The average molecular weight is 276 g/mol. The van der Waals surface area contributed by atoms with E-state index in [1.807, 2.05) is 65.2 Å². The number of nitrogens with zero attached hydrogens (tertiary/aromatic N) is 3. The summed E-state index contributed by atoms with van der Waals surface area (Å²) in [6.07, 6.45) is 6.04. The fourth-order valence-corrected chi connectivity index (χ4v) is 2.18. The maximum atomic E-state index is 4.82. The number of aryl methyl sites for hydroxylation is 2. The highest BCUT2D eigenvalue weighted by Gasteiger charge is 2.12. The fraction of sp³-hybridized carbons (Fsp3) is 0.111. The van der Waals surface area contributed by atoms with Gasteiger partial charge in [-0.3, -0.25) is 0 Å². The summed E-state index contributed by atoms with van der Waals surface area (Å²) in [5, 5.41) is 0. The zero-order chi connectivity index (χ0) is 14.7. The smallest absolute Gasteiger partial charge is 0.239 e. The van der Waals surface area contributed by atoms with Gasteiger partial charge in [0.2, 0.25) is 12.2 Å². The topological polar surface area (TPSA) is 21.2 Å². The minimum absolute atomic E-state index is 0.917. The summed E-state index contributed by atoms with van der Waals surface area (Å²) in [4.78, 5) is 4.82. The number of hydrogen-bond acceptors (Lipinski definition) is 1. The van der Waals surface area contributed by atoms with Crippen LogP contribution in [0.5, 0.6) is 0 Å². The lowest BCUT2D eigenvalue weighted by atomic mass is 10.2. The van der Waals surface area contributed by atoms with Crippen molar-refractivity contribution < 1.29 is 4.57 Å². The van der Waals surface area contributed by atoms with Gasteiger partial charge >= 0.3 is 0 Å². The van der Waals surface area contributed by atoms with Crippen molar-refractivity contribution in [3.05, 3.63) is 84.4 Å². The normalized spacial score (nSPS) is 11.6. The molecule has 0 saturated carbocycles. The third-order valence-electron chi connectivity index (χ3n) is 3.31. The Hall–Kier alpha value is -2.68. The van der Waals surface area contributed by atoms with E-state index in [4.69, 9.17) is 4.99 Å². The summed E-state index contributed by atoms with van der Waals surface area (Å²) in [7, 11) is 2.00. The molecule has 0 radical (unpaired) electrons. The van der Waals surface area contributed by atoms with Gasteiger partial charge in [-0.05, 0) is 31.2 Å². The van der Waals surface area contributed by atoms with Crippen LogP contribution in [0.4, 0.5) is 5.69 Å². The van der Waals surface area contributed by atoms with Crippen LogP contribution in [0.15, 0.2) is 78.3 Å². The first-order valence-corrected chi connectivity index (χ1v) is 6.97. The Balaban J connectivity index is 2.10. The highest BCUT2D eigenvalue weighted by molar-refractivity contribution is 6.01. The number of benzene rings is 2. The molecule has 3 rings (SSSR count). The molecule has 0 atom stereocenters. The van der Waals surface area contributed by atoms with Gasteiger partial charge in [-0.2, -0.15) is 4.57 Å². The van der Waals surface area contributed by atoms with E-state index in [1.165, 1.54) is 5.56 Å². The van der Waals surface area contributed by atoms with Crippen LogP contribution in [0.2, 0.25) is 0 Å². The van der Waals surface area contributed by atoms with Crippen molar-refractivity contribution in [1.29, 1.82) is 0 Å². The zero-order valence-corrected chi connectivity index (χ0v) is 12.3. The Morgan fingerprint density at radius 2 is 1.71 bits per heavy atom. The number of hydrogen-bond donors (Lipinski definition) is 0. The van der Waals surface area contributed by atoms with E-state index in [2.05, 4.69) is 31.2 Å². The number of aliphatic imine (C=N–C) groups is 1. The molecule has 2 aromatic carbocycles. The molecule has 3 aromatic rings. The van der Waals surface area contributed by atoms with Crippen LogP contribution in [-0.2, 0) is 7.05 Å². The van der Waals surface area contributed by atoms with Gasteiger partial charge < -0.3 is 0 Å². The van der Waals surface area contributed by atoms with E-state index in [0.29, 0.717) is 0 Å². The van der Waals surface area contributed by atoms with Crippen LogP contribution in [0.25, 0.3) is 0 Å². The molecule has 0 aliphatic heterocycles. The van der Waals surface area contributed by atoms with Gasteiger partial charge in [-0.1, -0.05) is 35.9 Å². The largest absolute Gasteiger partial charge is 0.250 e. The van der Waals surface area contributed by atoms with Crippen molar-refractivity contribution in [2.75, 3.05) is 0 Å². The minimum Gasteiger partial charge on any atom is -0.239 e. The molecular weight excluding hydrogens is 258 g/mol. The van der Waals surface area contributed by atoms with Gasteiger partial charge in [-0.15, -0.1) is 0 Å². The first-order chi connectivity index (χ1) is 10.2. The summed E-state index contributed by atoms with van der Waals surface area (Å²) in [5.74, 6) is 0.917.